The molecule has 0 aliphatic carbocycles. The maximum atomic E-state index is 7.32. The number of rotatable bonds is 4. The lowest BCUT2D eigenvalue weighted by atomic mass is 10.0. The minimum absolute atomic E-state index is 1.06. The molecule has 0 fully saturated rings. The smallest absolute Gasteiger partial charge is 0.0731 e. The molecule has 0 N–H and O–H groups in total. The summed E-state index contributed by atoms with van der Waals surface area (Å²) < 4.78 is 0. The summed E-state index contributed by atoms with van der Waals surface area (Å²) in [5, 5.41) is 7.32. The number of aromatic nitrogens is 2. The normalized spacial score (nSPS) is 9.80. The van der Waals surface area contributed by atoms with Gasteiger partial charge in [0.2, 0.25) is 0 Å². The van der Waals surface area contributed by atoms with Crippen LogP contribution in [0, 0.1) is 25.2 Å². The summed E-state index contributed by atoms with van der Waals surface area (Å²) in [7, 11) is 0. The third-order valence-electron chi connectivity index (χ3n) is 6.47. The first-order valence-corrected chi connectivity index (χ1v) is 13.6. The van der Waals surface area contributed by atoms with Crippen molar-refractivity contribution in [2.24, 2.45) is 0 Å². The fourth-order valence-corrected chi connectivity index (χ4v) is 4.52. The molecule has 6 rings (SSSR count). The van der Waals surface area contributed by atoms with E-state index in [9.17, 15) is 0 Å². The molecular formula is C38H33N3. The Labute approximate surface area is 243 Å². The van der Waals surface area contributed by atoms with E-state index in [1.54, 1.807) is 6.07 Å². The van der Waals surface area contributed by atoms with Crippen LogP contribution in [-0.2, 0) is 0 Å². The average Bonchev–Trinajstić information content (AvgIpc) is 3.03. The zero-order chi connectivity index (χ0) is 28.9. The molecule has 0 atom stereocenters. The van der Waals surface area contributed by atoms with E-state index in [2.05, 4.69) is 109 Å². The van der Waals surface area contributed by atoms with Crippen LogP contribution >= 0.6 is 0 Å². The van der Waals surface area contributed by atoms with Crippen molar-refractivity contribution in [1.29, 1.82) is 5.26 Å². The van der Waals surface area contributed by atoms with Gasteiger partial charge in [-0.05, 0) is 48.2 Å². The van der Waals surface area contributed by atoms with Gasteiger partial charge in [0.25, 0.3) is 0 Å². The quantitative estimate of drug-likeness (QED) is 0.227. The third kappa shape index (κ3) is 7.85. The van der Waals surface area contributed by atoms with Gasteiger partial charge in [0.05, 0.1) is 17.5 Å². The van der Waals surface area contributed by atoms with Crippen molar-refractivity contribution in [3.63, 3.8) is 0 Å². The van der Waals surface area contributed by atoms with Crippen molar-refractivity contribution >= 4 is 0 Å². The number of hydrogen-bond acceptors (Lipinski definition) is 3. The van der Waals surface area contributed by atoms with Crippen LogP contribution in [0.1, 0.15) is 18.1 Å². The van der Waals surface area contributed by atoms with E-state index >= 15 is 0 Å². The first kappa shape index (κ1) is 28.7. The zero-order valence-electron chi connectivity index (χ0n) is 23.7. The largest absolute Gasteiger partial charge is 0.255 e. The average molecular weight is 532 g/mol. The number of pyridine rings is 2. The number of hydrogen-bond donors (Lipinski definition) is 0. The summed E-state index contributed by atoms with van der Waals surface area (Å²) in [5.41, 5.74) is 11.6. The Morgan fingerprint density at radius 1 is 0.439 bits per heavy atom. The lowest BCUT2D eigenvalue weighted by molar-refractivity contribution is 1.27. The molecule has 4 aromatic carbocycles. The van der Waals surface area contributed by atoms with Gasteiger partial charge in [-0.3, -0.25) is 9.97 Å². The van der Waals surface area contributed by atoms with Gasteiger partial charge in [0.15, 0.2) is 0 Å². The van der Waals surface area contributed by atoms with Crippen LogP contribution in [0.25, 0.3) is 44.8 Å². The van der Waals surface area contributed by atoms with Crippen molar-refractivity contribution < 1.29 is 0 Å². The van der Waals surface area contributed by atoms with Crippen LogP contribution < -0.4 is 0 Å². The Hall–Kier alpha value is -5.33. The number of aryl methyl sites for hydroxylation is 2. The van der Waals surface area contributed by atoms with Gasteiger partial charge in [0.1, 0.15) is 0 Å². The lowest BCUT2D eigenvalue weighted by Crippen LogP contribution is -1.89. The van der Waals surface area contributed by atoms with Gasteiger partial charge in [-0.2, -0.15) is 5.26 Å². The van der Waals surface area contributed by atoms with Crippen LogP contribution in [0.2, 0.25) is 0 Å². The van der Waals surface area contributed by atoms with Gasteiger partial charge in [-0.1, -0.05) is 121 Å². The van der Waals surface area contributed by atoms with Crippen LogP contribution in [0.4, 0.5) is 0 Å². The first-order chi connectivity index (χ1) is 20.1. The van der Waals surface area contributed by atoms with Gasteiger partial charge < -0.3 is 0 Å². The highest BCUT2D eigenvalue weighted by atomic mass is 14.7. The predicted octanol–water partition coefficient (Wildman–Crippen LogP) is 9.98. The fraction of sp³-hybridized carbons (Fsp3) is 0.0789. The Kier molecular flexibility index (Phi) is 10.3. The molecule has 41 heavy (non-hydrogen) atoms. The maximum Gasteiger partial charge on any atom is 0.0731 e. The highest BCUT2D eigenvalue weighted by Crippen LogP contribution is 2.27. The van der Waals surface area contributed by atoms with E-state index in [0.29, 0.717) is 0 Å². The molecule has 2 heterocycles. The fourth-order valence-electron chi connectivity index (χ4n) is 4.52. The summed E-state index contributed by atoms with van der Waals surface area (Å²) in [5.74, 6) is 0. The molecule has 0 aliphatic heterocycles. The van der Waals surface area contributed by atoms with Crippen LogP contribution in [-0.4, -0.2) is 9.97 Å². The second kappa shape index (κ2) is 14.7. The third-order valence-corrected chi connectivity index (χ3v) is 6.47. The highest BCUT2D eigenvalue weighted by molar-refractivity contribution is 5.70. The Morgan fingerprint density at radius 3 is 0.976 bits per heavy atom. The molecule has 0 unspecified atom stereocenters. The SMILES string of the molecule is CC#N.Cc1cc(-c2ccccc2)cnc1-c1ccccc1.Cc1cc(-c2ccccc2)cnc1-c1ccccc1. The summed E-state index contributed by atoms with van der Waals surface area (Å²) in [6, 6.07) is 47.5. The number of benzene rings is 4. The molecule has 3 heteroatoms. The highest BCUT2D eigenvalue weighted by Gasteiger charge is 2.06. The molecule has 2 aromatic heterocycles. The first-order valence-electron chi connectivity index (χ1n) is 13.6. The predicted molar refractivity (Wildman–Crippen MR) is 171 cm³/mol. The van der Waals surface area contributed by atoms with Crippen LogP contribution in [0.15, 0.2) is 146 Å². The van der Waals surface area contributed by atoms with Crippen molar-refractivity contribution in [1.82, 2.24) is 9.97 Å². The molecular weight excluding hydrogens is 498 g/mol. The minimum atomic E-state index is 1.06. The summed E-state index contributed by atoms with van der Waals surface area (Å²) in [6.07, 6.45) is 3.90. The summed E-state index contributed by atoms with van der Waals surface area (Å²) in [4.78, 5) is 9.25. The van der Waals surface area contributed by atoms with E-state index in [4.69, 9.17) is 5.26 Å². The lowest BCUT2D eigenvalue weighted by Gasteiger charge is -2.08. The van der Waals surface area contributed by atoms with Gasteiger partial charge in [-0.15, -0.1) is 0 Å². The van der Waals surface area contributed by atoms with Gasteiger partial charge >= 0.3 is 0 Å². The van der Waals surface area contributed by atoms with E-state index in [0.717, 1.165) is 22.5 Å². The van der Waals surface area contributed by atoms with Crippen molar-refractivity contribution in [2.45, 2.75) is 20.8 Å². The Morgan fingerprint density at radius 2 is 0.707 bits per heavy atom. The monoisotopic (exact) mass is 531 g/mol. The van der Waals surface area contributed by atoms with E-state index in [1.807, 2.05) is 60.9 Å². The van der Waals surface area contributed by atoms with Gasteiger partial charge in [-0.25, -0.2) is 0 Å². The van der Waals surface area contributed by atoms with E-state index in [-0.39, 0.29) is 0 Å². The Balaban J connectivity index is 0.000000173. The molecule has 0 spiro atoms. The topological polar surface area (TPSA) is 49.6 Å². The molecule has 0 saturated carbocycles. The second-order valence-electron chi connectivity index (χ2n) is 9.47. The number of nitriles is 1. The Bertz CT molecular complexity index is 1570. The van der Waals surface area contributed by atoms with Crippen LogP contribution in [0.3, 0.4) is 0 Å². The second-order valence-corrected chi connectivity index (χ2v) is 9.47. The van der Waals surface area contributed by atoms with Crippen molar-refractivity contribution in [3.8, 4) is 50.8 Å². The zero-order valence-corrected chi connectivity index (χ0v) is 23.7. The summed E-state index contributed by atoms with van der Waals surface area (Å²) >= 11 is 0. The molecule has 3 nitrogen and oxygen atoms in total. The van der Waals surface area contributed by atoms with E-state index < -0.39 is 0 Å². The van der Waals surface area contributed by atoms with Crippen molar-refractivity contribution in [2.75, 3.05) is 0 Å². The molecule has 200 valence electrons. The van der Waals surface area contributed by atoms with Gasteiger partial charge in [0, 0.05) is 41.6 Å². The standard InChI is InChI=1S/2C18H15N.C2H3N/c2*1-14-12-17(15-8-4-2-5-9-15)13-19-18(14)16-10-6-3-7-11-16;1-2-3/h2*2-13H,1H3;1H3. The number of nitrogens with zero attached hydrogens (tertiary/aromatic N) is 3. The molecule has 0 saturated heterocycles. The van der Waals surface area contributed by atoms with E-state index in [1.165, 1.54) is 40.3 Å². The van der Waals surface area contributed by atoms with Crippen LogP contribution in [0.5, 0.6) is 0 Å². The maximum absolute atomic E-state index is 7.32. The van der Waals surface area contributed by atoms with Crippen molar-refractivity contribution in [3.05, 3.63) is 157 Å². The molecule has 0 bridgehead atoms. The molecule has 0 radical (unpaired) electrons. The molecule has 0 aliphatic rings. The molecule has 0 amide bonds. The summed E-state index contributed by atoms with van der Waals surface area (Å²) in [6.45, 7) is 5.66. The minimum Gasteiger partial charge on any atom is -0.255 e. The molecule has 6 aromatic rings.